The Morgan fingerprint density at radius 2 is 1.75 bits per heavy atom. The molecule has 0 radical (unpaired) electrons. The Morgan fingerprint density at radius 1 is 1.09 bits per heavy atom. The maximum absolute atomic E-state index is 11.7. The lowest BCUT2D eigenvalue weighted by Gasteiger charge is -2.60. The topological polar surface area (TPSA) is 113 Å². The van der Waals surface area contributed by atoms with Crippen LogP contribution in [0.5, 0.6) is 0 Å². The fourth-order valence-electron chi connectivity index (χ4n) is 7.61. The fraction of sp³-hybridized carbons (Fsp3) is 0.760. The molecule has 7 heteroatoms. The Hall–Kier alpha value is -1.88. The van der Waals surface area contributed by atoms with Crippen LogP contribution in [-0.2, 0) is 19.1 Å². The first-order valence-corrected chi connectivity index (χ1v) is 11.5. The van der Waals surface area contributed by atoms with Crippen molar-refractivity contribution in [3.05, 3.63) is 11.6 Å². The summed E-state index contributed by atoms with van der Waals surface area (Å²) in [7, 11) is 0. The predicted molar refractivity (Wildman–Crippen MR) is 115 cm³/mol. The number of hydrogen-bond donors (Lipinski definition) is 3. The average Bonchev–Trinajstić information content (AvgIpc) is 2.93. The molecule has 176 valence electrons. The number of hydrogen-bond acceptors (Lipinski definition) is 7. The van der Waals surface area contributed by atoms with E-state index in [0.29, 0.717) is 25.7 Å². The lowest BCUT2D eigenvalue weighted by molar-refractivity contribution is -0.168. The number of aliphatic hydroxyl groups excluding tert-OH is 2. The van der Waals surface area contributed by atoms with Crippen molar-refractivity contribution in [1.82, 2.24) is 0 Å². The van der Waals surface area contributed by atoms with Crippen molar-refractivity contribution in [2.45, 2.75) is 89.8 Å². The van der Waals surface area contributed by atoms with Crippen LogP contribution in [0, 0.1) is 40.9 Å². The van der Waals surface area contributed by atoms with E-state index in [2.05, 4.69) is 12.8 Å². The molecule has 0 bridgehead atoms. The standard InChI is InChI=1S/C25H34O7/c1-6-25(30)20(32-14(3)27)12-16-21-15(7-10-24(16,25)5)23(4)9-8-19(31-13(2)26)22(29)17(23)11-18(21)28/h1,11,15-16,18-22,28-30H,7-10,12H2,2-5H3/t15-,16-,18+,19+,20+,21+,22+,23+,24-,25-/m0/s1. The van der Waals surface area contributed by atoms with Gasteiger partial charge >= 0.3 is 11.9 Å². The molecule has 32 heavy (non-hydrogen) atoms. The number of aliphatic hydroxyl groups is 3. The van der Waals surface area contributed by atoms with E-state index in [4.69, 9.17) is 15.9 Å². The molecule has 3 fully saturated rings. The summed E-state index contributed by atoms with van der Waals surface area (Å²) in [5, 5.41) is 33.8. The van der Waals surface area contributed by atoms with Crippen molar-refractivity contribution in [1.29, 1.82) is 0 Å². The second-order valence-electron chi connectivity index (χ2n) is 10.7. The maximum Gasteiger partial charge on any atom is 0.303 e. The second-order valence-corrected chi connectivity index (χ2v) is 10.7. The van der Waals surface area contributed by atoms with Gasteiger partial charge in [0.15, 0.2) is 5.60 Å². The quantitative estimate of drug-likeness (QED) is 0.336. The number of terminal acetylenes is 1. The SMILES string of the molecule is C#C[C@]1(O)[C@H](OC(C)=O)C[C@H]2[C@@H]3[C@H](O)C=C4[C@@H](O)[C@H](OC(C)=O)CC[C@]4(C)[C@H]3CC[C@@]21C. The van der Waals surface area contributed by atoms with Crippen LogP contribution in [0.2, 0.25) is 0 Å². The van der Waals surface area contributed by atoms with Crippen LogP contribution in [0.25, 0.3) is 0 Å². The molecule has 0 unspecified atom stereocenters. The van der Waals surface area contributed by atoms with Crippen molar-refractivity contribution in [3.8, 4) is 12.3 Å². The number of esters is 2. The monoisotopic (exact) mass is 446 g/mol. The van der Waals surface area contributed by atoms with E-state index < -0.39 is 47.4 Å². The minimum atomic E-state index is -1.61. The molecule has 4 aliphatic rings. The number of ether oxygens (including phenoxy) is 2. The second kappa shape index (κ2) is 7.58. The van der Waals surface area contributed by atoms with Crippen molar-refractivity contribution >= 4 is 11.9 Å². The molecule has 4 rings (SSSR count). The van der Waals surface area contributed by atoms with E-state index in [-0.39, 0.29) is 23.2 Å². The number of fused-ring (bicyclic) bond motifs is 5. The van der Waals surface area contributed by atoms with Gasteiger partial charge < -0.3 is 24.8 Å². The third kappa shape index (κ3) is 3.07. The molecule has 4 aliphatic carbocycles. The number of carbonyl (C=O) groups is 2. The highest BCUT2D eigenvalue weighted by Gasteiger charge is 2.69. The van der Waals surface area contributed by atoms with Gasteiger partial charge in [-0.3, -0.25) is 9.59 Å². The van der Waals surface area contributed by atoms with Crippen LogP contribution in [0.1, 0.15) is 59.8 Å². The van der Waals surface area contributed by atoms with Gasteiger partial charge in [0.1, 0.15) is 18.3 Å². The fourth-order valence-corrected chi connectivity index (χ4v) is 7.61. The first-order valence-electron chi connectivity index (χ1n) is 11.5. The summed E-state index contributed by atoms with van der Waals surface area (Å²) in [4.78, 5) is 23.2. The molecule has 0 aliphatic heterocycles. The third-order valence-electron chi connectivity index (χ3n) is 9.21. The zero-order valence-corrected chi connectivity index (χ0v) is 19.2. The molecule has 3 N–H and O–H groups in total. The van der Waals surface area contributed by atoms with Crippen molar-refractivity contribution in [3.63, 3.8) is 0 Å². The van der Waals surface area contributed by atoms with Gasteiger partial charge in [-0.15, -0.1) is 6.42 Å². The lowest BCUT2D eigenvalue weighted by atomic mass is 9.46. The van der Waals surface area contributed by atoms with E-state index in [1.54, 1.807) is 6.08 Å². The molecule has 3 saturated carbocycles. The molecule has 10 atom stereocenters. The molecule has 0 aromatic heterocycles. The van der Waals surface area contributed by atoms with Crippen LogP contribution >= 0.6 is 0 Å². The highest BCUT2D eigenvalue weighted by molar-refractivity contribution is 5.67. The van der Waals surface area contributed by atoms with E-state index in [0.717, 1.165) is 12.0 Å². The lowest BCUT2D eigenvalue weighted by Crippen LogP contribution is -2.60. The van der Waals surface area contributed by atoms with Crippen molar-refractivity contribution < 1.29 is 34.4 Å². The van der Waals surface area contributed by atoms with Crippen LogP contribution < -0.4 is 0 Å². The smallest absolute Gasteiger partial charge is 0.303 e. The summed E-state index contributed by atoms with van der Waals surface area (Å²) < 4.78 is 10.8. The van der Waals surface area contributed by atoms with Crippen LogP contribution in [0.4, 0.5) is 0 Å². The van der Waals surface area contributed by atoms with Crippen LogP contribution in [0.3, 0.4) is 0 Å². The summed E-state index contributed by atoms with van der Waals surface area (Å²) in [5.41, 5.74) is -1.95. The summed E-state index contributed by atoms with van der Waals surface area (Å²) in [5.74, 6) is 1.32. The summed E-state index contributed by atoms with van der Waals surface area (Å²) in [6.45, 7) is 6.69. The predicted octanol–water partition coefficient (Wildman–Crippen LogP) is 1.73. The molecule has 0 saturated heterocycles. The largest absolute Gasteiger partial charge is 0.459 e. The summed E-state index contributed by atoms with van der Waals surface area (Å²) in [6.07, 6.45) is 7.25. The third-order valence-corrected chi connectivity index (χ3v) is 9.21. The molecule has 7 nitrogen and oxygen atoms in total. The molecule has 0 amide bonds. The first kappa shape index (κ1) is 23.3. The molecule has 0 heterocycles. The van der Waals surface area contributed by atoms with E-state index in [1.807, 2.05) is 6.92 Å². The minimum absolute atomic E-state index is 0.0570. The van der Waals surface area contributed by atoms with Gasteiger partial charge in [-0.25, -0.2) is 0 Å². The van der Waals surface area contributed by atoms with Crippen LogP contribution in [0.15, 0.2) is 11.6 Å². The molecular weight excluding hydrogens is 412 g/mol. The van der Waals surface area contributed by atoms with Gasteiger partial charge in [-0.05, 0) is 60.8 Å². The molecular formula is C25H34O7. The van der Waals surface area contributed by atoms with E-state index in [9.17, 15) is 24.9 Å². The summed E-state index contributed by atoms with van der Waals surface area (Å²) >= 11 is 0. The normalized spacial score (nSPS) is 49.6. The average molecular weight is 447 g/mol. The number of carbonyl (C=O) groups excluding carboxylic acids is 2. The first-order chi connectivity index (χ1) is 14.9. The minimum Gasteiger partial charge on any atom is -0.459 e. The zero-order chi connectivity index (χ0) is 23.6. The van der Waals surface area contributed by atoms with Crippen molar-refractivity contribution in [2.75, 3.05) is 0 Å². The molecule has 0 aromatic carbocycles. The van der Waals surface area contributed by atoms with Gasteiger partial charge in [0.05, 0.1) is 6.10 Å². The van der Waals surface area contributed by atoms with Gasteiger partial charge in [-0.2, -0.15) is 0 Å². The Labute approximate surface area is 189 Å². The highest BCUT2D eigenvalue weighted by Crippen LogP contribution is 2.67. The van der Waals surface area contributed by atoms with Gasteiger partial charge in [-0.1, -0.05) is 25.8 Å². The van der Waals surface area contributed by atoms with Crippen LogP contribution in [-0.4, -0.2) is 57.3 Å². The van der Waals surface area contributed by atoms with Crippen molar-refractivity contribution in [2.24, 2.45) is 28.6 Å². The Kier molecular flexibility index (Phi) is 5.51. The van der Waals surface area contributed by atoms with Gasteiger partial charge in [0.25, 0.3) is 0 Å². The zero-order valence-electron chi connectivity index (χ0n) is 19.2. The molecule has 0 spiro atoms. The number of rotatable bonds is 2. The maximum atomic E-state index is 11.7. The highest BCUT2D eigenvalue weighted by atomic mass is 16.6. The Balaban J connectivity index is 1.72. The van der Waals surface area contributed by atoms with Gasteiger partial charge in [0.2, 0.25) is 0 Å². The van der Waals surface area contributed by atoms with E-state index in [1.165, 1.54) is 13.8 Å². The molecule has 0 aromatic rings. The van der Waals surface area contributed by atoms with Gasteiger partial charge in [0, 0.05) is 19.3 Å². The Morgan fingerprint density at radius 3 is 2.34 bits per heavy atom. The van der Waals surface area contributed by atoms with E-state index >= 15 is 0 Å². The summed E-state index contributed by atoms with van der Waals surface area (Å²) in [6, 6.07) is 0. The Bertz CT molecular complexity index is 889.